The lowest BCUT2D eigenvalue weighted by Crippen LogP contribution is -2.03. The quantitative estimate of drug-likeness (QED) is 0.820. The van der Waals surface area contributed by atoms with E-state index in [1.165, 1.54) is 12.1 Å². The third-order valence-electron chi connectivity index (χ3n) is 2.95. The van der Waals surface area contributed by atoms with Crippen LogP contribution in [0, 0.1) is 0 Å². The van der Waals surface area contributed by atoms with Gasteiger partial charge in [0, 0.05) is 25.2 Å². The molecule has 1 aromatic carbocycles. The third-order valence-corrected chi connectivity index (χ3v) is 2.95. The molecular formula is C14H15F3N2. The van der Waals surface area contributed by atoms with Gasteiger partial charge >= 0.3 is 6.18 Å². The number of benzene rings is 1. The second-order valence-corrected chi connectivity index (χ2v) is 4.48. The molecule has 5 heteroatoms. The summed E-state index contributed by atoms with van der Waals surface area (Å²) >= 11 is 0. The smallest absolute Gasteiger partial charge is 0.337 e. The first-order valence-corrected chi connectivity index (χ1v) is 6.11. The summed E-state index contributed by atoms with van der Waals surface area (Å²) in [6.07, 6.45) is -0.613. The maximum absolute atomic E-state index is 12.5. The van der Waals surface area contributed by atoms with Crippen LogP contribution < -0.4 is 0 Å². The summed E-state index contributed by atoms with van der Waals surface area (Å²) in [4.78, 5) is 4.44. The van der Waals surface area contributed by atoms with Gasteiger partial charge in [-0.2, -0.15) is 13.2 Å². The second kappa shape index (κ2) is 5.07. The normalized spacial score (nSPS) is 11.8. The Hall–Kier alpha value is -1.78. The van der Waals surface area contributed by atoms with E-state index in [1.54, 1.807) is 0 Å². The predicted octanol–water partition coefficient (Wildman–Crippen LogP) is 4.06. The van der Waals surface area contributed by atoms with Crippen LogP contribution in [-0.4, -0.2) is 9.55 Å². The molecule has 0 saturated carbocycles. The van der Waals surface area contributed by atoms with Gasteiger partial charge in [-0.1, -0.05) is 19.1 Å². The van der Waals surface area contributed by atoms with Crippen molar-refractivity contribution in [2.75, 3.05) is 0 Å². The molecule has 0 amide bonds. The summed E-state index contributed by atoms with van der Waals surface area (Å²) in [5, 5.41) is 0. The highest BCUT2D eigenvalue weighted by atomic mass is 19.4. The van der Waals surface area contributed by atoms with Crippen LogP contribution in [0.3, 0.4) is 0 Å². The Morgan fingerprint density at radius 1 is 1.16 bits per heavy atom. The van der Waals surface area contributed by atoms with Crippen LogP contribution in [0.25, 0.3) is 11.3 Å². The molecule has 0 fully saturated rings. The third kappa shape index (κ3) is 2.97. The number of imidazole rings is 1. The number of aromatic nitrogens is 2. The molecule has 0 aliphatic carbocycles. The highest BCUT2D eigenvalue weighted by Gasteiger charge is 2.30. The Bertz CT molecular complexity index is 553. The topological polar surface area (TPSA) is 17.8 Å². The molecule has 0 saturated heterocycles. The molecule has 0 N–H and O–H groups in total. The first-order chi connectivity index (χ1) is 8.91. The van der Waals surface area contributed by atoms with Gasteiger partial charge in [-0.25, -0.2) is 4.98 Å². The molecule has 0 aliphatic heterocycles. The highest BCUT2D eigenvalue weighted by molar-refractivity contribution is 5.59. The molecule has 1 heterocycles. The number of halogens is 3. The number of hydrogen-bond acceptors (Lipinski definition) is 1. The SMILES string of the molecule is CCCc1nc(-c2ccc(C(F)(F)F)cc2)cn1C. The van der Waals surface area contributed by atoms with Gasteiger partial charge in [0.2, 0.25) is 0 Å². The van der Waals surface area contributed by atoms with Crippen molar-refractivity contribution in [3.05, 3.63) is 41.9 Å². The van der Waals surface area contributed by atoms with Gasteiger partial charge in [-0.15, -0.1) is 0 Å². The van der Waals surface area contributed by atoms with Crippen molar-refractivity contribution in [3.63, 3.8) is 0 Å². The Kier molecular flexibility index (Phi) is 3.64. The van der Waals surface area contributed by atoms with Crippen molar-refractivity contribution in [2.24, 2.45) is 7.05 Å². The first kappa shape index (κ1) is 13.6. The molecule has 0 bridgehead atoms. The summed E-state index contributed by atoms with van der Waals surface area (Å²) < 4.78 is 39.3. The van der Waals surface area contributed by atoms with E-state index in [0.29, 0.717) is 11.3 Å². The lowest BCUT2D eigenvalue weighted by molar-refractivity contribution is -0.137. The van der Waals surface area contributed by atoms with Gasteiger partial charge in [-0.05, 0) is 18.6 Å². The highest BCUT2D eigenvalue weighted by Crippen LogP contribution is 2.30. The maximum Gasteiger partial charge on any atom is 0.416 e. The summed E-state index contributed by atoms with van der Waals surface area (Å²) in [6.45, 7) is 2.06. The van der Waals surface area contributed by atoms with Crippen LogP contribution in [0.15, 0.2) is 30.5 Å². The van der Waals surface area contributed by atoms with Crippen LogP contribution in [0.2, 0.25) is 0 Å². The minimum Gasteiger partial charge on any atom is -0.337 e. The fourth-order valence-corrected chi connectivity index (χ4v) is 1.93. The molecule has 2 nitrogen and oxygen atoms in total. The van der Waals surface area contributed by atoms with Crippen molar-refractivity contribution in [1.29, 1.82) is 0 Å². The van der Waals surface area contributed by atoms with Crippen molar-refractivity contribution in [2.45, 2.75) is 25.9 Å². The number of nitrogens with zero attached hydrogens (tertiary/aromatic N) is 2. The van der Waals surface area contributed by atoms with Crippen molar-refractivity contribution >= 4 is 0 Å². The summed E-state index contributed by atoms with van der Waals surface area (Å²) in [6, 6.07) is 5.09. The molecular weight excluding hydrogens is 253 g/mol. The minimum absolute atomic E-state index is 0.638. The van der Waals surface area contributed by atoms with E-state index in [4.69, 9.17) is 0 Å². The van der Waals surface area contributed by atoms with E-state index < -0.39 is 11.7 Å². The molecule has 0 radical (unpaired) electrons. The minimum atomic E-state index is -4.30. The average molecular weight is 268 g/mol. The van der Waals surface area contributed by atoms with Gasteiger partial charge in [-0.3, -0.25) is 0 Å². The fraction of sp³-hybridized carbons (Fsp3) is 0.357. The van der Waals surface area contributed by atoms with Gasteiger partial charge in [0.25, 0.3) is 0 Å². The Labute approximate surface area is 109 Å². The zero-order valence-corrected chi connectivity index (χ0v) is 10.8. The van der Waals surface area contributed by atoms with Gasteiger partial charge in [0.15, 0.2) is 0 Å². The standard InChI is InChI=1S/C14H15F3N2/c1-3-4-13-18-12(9-19(13)2)10-5-7-11(8-6-10)14(15,16)17/h5-9H,3-4H2,1-2H3. The van der Waals surface area contributed by atoms with Crippen LogP contribution >= 0.6 is 0 Å². The zero-order valence-electron chi connectivity index (χ0n) is 10.8. The van der Waals surface area contributed by atoms with Gasteiger partial charge in [0.05, 0.1) is 11.3 Å². The number of alkyl halides is 3. The lowest BCUT2D eigenvalue weighted by Gasteiger charge is -2.06. The summed E-state index contributed by atoms with van der Waals surface area (Å²) in [5.74, 6) is 0.942. The van der Waals surface area contributed by atoms with Crippen molar-refractivity contribution in [1.82, 2.24) is 9.55 Å². The maximum atomic E-state index is 12.5. The van der Waals surface area contributed by atoms with Gasteiger partial charge < -0.3 is 4.57 Å². The van der Waals surface area contributed by atoms with Crippen LogP contribution in [-0.2, 0) is 19.6 Å². The molecule has 0 unspecified atom stereocenters. The van der Waals surface area contributed by atoms with E-state index in [1.807, 2.05) is 17.8 Å². The van der Waals surface area contributed by atoms with E-state index in [0.717, 1.165) is 30.8 Å². The molecule has 19 heavy (non-hydrogen) atoms. The van der Waals surface area contributed by atoms with E-state index in [2.05, 4.69) is 11.9 Å². The Morgan fingerprint density at radius 3 is 2.32 bits per heavy atom. The van der Waals surface area contributed by atoms with Gasteiger partial charge in [0.1, 0.15) is 5.82 Å². The summed E-state index contributed by atoms with van der Waals surface area (Å²) in [5.41, 5.74) is 0.770. The second-order valence-electron chi connectivity index (χ2n) is 4.48. The molecule has 2 rings (SSSR count). The van der Waals surface area contributed by atoms with E-state index in [-0.39, 0.29) is 0 Å². The van der Waals surface area contributed by atoms with Crippen LogP contribution in [0.5, 0.6) is 0 Å². The molecule has 0 atom stereocenters. The summed E-state index contributed by atoms with van der Waals surface area (Å²) in [7, 11) is 1.89. The van der Waals surface area contributed by atoms with Crippen LogP contribution in [0.4, 0.5) is 13.2 Å². The monoisotopic (exact) mass is 268 g/mol. The van der Waals surface area contributed by atoms with E-state index in [9.17, 15) is 13.2 Å². The Balaban J connectivity index is 2.30. The fourth-order valence-electron chi connectivity index (χ4n) is 1.93. The van der Waals surface area contributed by atoms with Crippen molar-refractivity contribution in [3.8, 4) is 11.3 Å². The van der Waals surface area contributed by atoms with Crippen molar-refractivity contribution < 1.29 is 13.2 Å². The predicted molar refractivity (Wildman–Crippen MR) is 67.6 cm³/mol. The zero-order chi connectivity index (χ0) is 14.0. The average Bonchev–Trinajstić information content (AvgIpc) is 2.71. The number of aryl methyl sites for hydroxylation is 2. The molecule has 0 spiro atoms. The Morgan fingerprint density at radius 2 is 1.79 bits per heavy atom. The lowest BCUT2D eigenvalue weighted by atomic mass is 10.1. The largest absolute Gasteiger partial charge is 0.416 e. The number of rotatable bonds is 3. The number of hydrogen-bond donors (Lipinski definition) is 0. The van der Waals surface area contributed by atoms with Crippen LogP contribution in [0.1, 0.15) is 24.7 Å². The molecule has 2 aromatic rings. The molecule has 102 valence electrons. The molecule has 1 aromatic heterocycles. The molecule has 0 aliphatic rings. The first-order valence-electron chi connectivity index (χ1n) is 6.11. The van der Waals surface area contributed by atoms with E-state index >= 15 is 0 Å².